The number of rotatable bonds is 5. The third-order valence-corrected chi connectivity index (χ3v) is 5.95. The van der Waals surface area contributed by atoms with Crippen molar-refractivity contribution >= 4 is 22.7 Å². The van der Waals surface area contributed by atoms with E-state index in [1.165, 1.54) is 23.2 Å². The average molecular weight is 426 g/mol. The Morgan fingerprint density at radius 2 is 1.97 bits per heavy atom. The van der Waals surface area contributed by atoms with Gasteiger partial charge in [-0.3, -0.25) is 9.59 Å². The Balaban J connectivity index is 1.51. The summed E-state index contributed by atoms with van der Waals surface area (Å²) in [6.07, 6.45) is 5.57. The lowest BCUT2D eigenvalue weighted by molar-refractivity contribution is -0.121. The van der Waals surface area contributed by atoms with Gasteiger partial charge < -0.3 is 15.2 Å². The van der Waals surface area contributed by atoms with Crippen LogP contribution in [0.2, 0.25) is 0 Å². The van der Waals surface area contributed by atoms with Crippen LogP contribution in [0.1, 0.15) is 43.1 Å². The number of hydrogen-bond acceptors (Lipinski definition) is 3. The molecule has 0 aliphatic heterocycles. The van der Waals surface area contributed by atoms with Crippen LogP contribution in [-0.2, 0) is 4.79 Å². The summed E-state index contributed by atoms with van der Waals surface area (Å²) in [5.74, 6) is -1.72. The lowest BCUT2D eigenvalue weighted by Gasteiger charge is -2.24. The van der Waals surface area contributed by atoms with Crippen molar-refractivity contribution in [2.45, 2.75) is 44.7 Å². The van der Waals surface area contributed by atoms with Gasteiger partial charge in [-0.05, 0) is 49.1 Å². The maximum Gasteiger partial charge on any atom is 0.275 e. The van der Waals surface area contributed by atoms with Crippen LogP contribution in [0.5, 0.6) is 0 Å². The van der Waals surface area contributed by atoms with Crippen molar-refractivity contribution in [2.75, 3.05) is 7.05 Å². The van der Waals surface area contributed by atoms with E-state index in [4.69, 9.17) is 0 Å². The highest BCUT2D eigenvalue weighted by Crippen LogP contribution is 2.28. The number of fused-ring (bicyclic) bond motifs is 1. The van der Waals surface area contributed by atoms with E-state index in [0.717, 1.165) is 12.8 Å². The van der Waals surface area contributed by atoms with Crippen LogP contribution in [0.3, 0.4) is 0 Å². The van der Waals surface area contributed by atoms with Gasteiger partial charge in [-0.2, -0.15) is 0 Å². The van der Waals surface area contributed by atoms with E-state index in [1.807, 2.05) is 0 Å². The number of H-pyrrole nitrogens is 1. The minimum atomic E-state index is -0.752. The summed E-state index contributed by atoms with van der Waals surface area (Å²) in [7, 11) is 1.63. The van der Waals surface area contributed by atoms with Crippen LogP contribution in [0.4, 0.5) is 8.78 Å². The number of pyridine rings is 1. The molecule has 0 bridgehead atoms. The molecule has 8 heteroatoms. The fraction of sp³-hybridized carbons (Fsp3) is 0.348. The normalized spacial score (nSPS) is 18.3. The van der Waals surface area contributed by atoms with E-state index < -0.39 is 17.5 Å². The van der Waals surface area contributed by atoms with E-state index in [2.05, 4.69) is 15.3 Å². The molecule has 162 valence electrons. The van der Waals surface area contributed by atoms with Gasteiger partial charge in [0, 0.05) is 48.9 Å². The number of nitrogens with zero attached hydrogens (tertiary/aromatic N) is 2. The molecule has 6 nitrogen and oxygen atoms in total. The highest BCUT2D eigenvalue weighted by atomic mass is 19.1. The second-order valence-corrected chi connectivity index (χ2v) is 7.96. The van der Waals surface area contributed by atoms with E-state index in [9.17, 15) is 18.4 Å². The summed E-state index contributed by atoms with van der Waals surface area (Å²) in [5, 5.41) is 3.61. The van der Waals surface area contributed by atoms with Gasteiger partial charge in [0.1, 0.15) is 5.82 Å². The van der Waals surface area contributed by atoms with Crippen molar-refractivity contribution in [2.24, 2.45) is 0 Å². The number of amides is 2. The number of benzene rings is 1. The van der Waals surface area contributed by atoms with Gasteiger partial charge in [0.25, 0.3) is 5.91 Å². The zero-order chi connectivity index (χ0) is 22.1. The standard InChI is InChI=1S/C23H24F2N4O2/c1-3-20(30)28-16-4-5-17(11-16)29(2)23(31)22-19(25)10-15(12-27-22)14-8-13-6-7-26-21(13)18(24)9-14/h6-10,12,16-17,26H,3-5,11H2,1-2H3,(H,28,30)/t16-,17+/m0/s1. The minimum Gasteiger partial charge on any atom is -0.359 e. The fourth-order valence-electron chi connectivity index (χ4n) is 4.15. The lowest BCUT2D eigenvalue weighted by Crippen LogP contribution is -2.39. The molecule has 0 radical (unpaired) electrons. The molecule has 3 aromatic rings. The molecular weight excluding hydrogens is 402 g/mol. The Bertz CT molecular complexity index is 1140. The molecule has 1 fully saturated rings. The SMILES string of the molecule is CCC(=O)N[C@H]1CC[C@@H](N(C)C(=O)c2ncc(-c3cc(F)c4[nH]ccc4c3)cc2F)C1. The molecule has 0 saturated heterocycles. The van der Waals surface area contributed by atoms with Crippen molar-refractivity contribution in [3.63, 3.8) is 0 Å². The van der Waals surface area contributed by atoms with Crippen molar-refractivity contribution in [3.8, 4) is 11.1 Å². The van der Waals surface area contributed by atoms with Crippen LogP contribution >= 0.6 is 0 Å². The third kappa shape index (κ3) is 4.15. The molecular formula is C23H24F2N4O2. The number of hydrogen-bond donors (Lipinski definition) is 2. The van der Waals surface area contributed by atoms with Gasteiger partial charge in [0.15, 0.2) is 11.5 Å². The largest absolute Gasteiger partial charge is 0.359 e. The summed E-state index contributed by atoms with van der Waals surface area (Å²) < 4.78 is 29.1. The predicted molar refractivity (Wildman–Crippen MR) is 113 cm³/mol. The fourth-order valence-corrected chi connectivity index (χ4v) is 4.15. The van der Waals surface area contributed by atoms with E-state index in [1.54, 1.807) is 32.3 Å². The van der Waals surface area contributed by atoms with Gasteiger partial charge in [0.05, 0.1) is 5.52 Å². The molecule has 1 aliphatic carbocycles. The number of carbonyl (C=O) groups is 2. The Morgan fingerprint density at radius 1 is 1.19 bits per heavy atom. The Hall–Kier alpha value is -3.29. The third-order valence-electron chi connectivity index (χ3n) is 5.95. The molecule has 2 atom stereocenters. The van der Waals surface area contributed by atoms with E-state index >= 15 is 0 Å². The molecule has 4 rings (SSSR count). The van der Waals surface area contributed by atoms with Crippen LogP contribution in [0.25, 0.3) is 22.0 Å². The maximum atomic E-state index is 14.8. The molecule has 2 amide bonds. The van der Waals surface area contributed by atoms with Crippen LogP contribution < -0.4 is 5.32 Å². The lowest BCUT2D eigenvalue weighted by atomic mass is 10.0. The smallest absolute Gasteiger partial charge is 0.275 e. The summed E-state index contributed by atoms with van der Waals surface area (Å²) in [6.45, 7) is 1.79. The average Bonchev–Trinajstić information content (AvgIpc) is 3.42. The Labute approximate surface area is 178 Å². The zero-order valence-corrected chi connectivity index (χ0v) is 17.4. The summed E-state index contributed by atoms with van der Waals surface area (Å²) in [4.78, 5) is 32.8. The zero-order valence-electron chi connectivity index (χ0n) is 17.4. The Morgan fingerprint density at radius 3 is 2.71 bits per heavy atom. The first-order valence-corrected chi connectivity index (χ1v) is 10.4. The van der Waals surface area contributed by atoms with Crippen LogP contribution in [-0.4, -0.2) is 45.8 Å². The summed E-state index contributed by atoms with van der Waals surface area (Å²) in [5.41, 5.74) is 0.988. The first kappa shape index (κ1) is 21.0. The highest BCUT2D eigenvalue weighted by molar-refractivity contribution is 5.93. The van der Waals surface area contributed by atoms with Gasteiger partial charge in [-0.25, -0.2) is 13.8 Å². The van der Waals surface area contributed by atoms with Gasteiger partial charge >= 0.3 is 0 Å². The second-order valence-electron chi connectivity index (χ2n) is 7.96. The summed E-state index contributed by atoms with van der Waals surface area (Å²) in [6, 6.07) is 5.91. The predicted octanol–water partition coefficient (Wildman–Crippen LogP) is 4.03. The number of carbonyl (C=O) groups excluding carboxylic acids is 2. The Kier molecular flexibility index (Phi) is 5.71. The van der Waals surface area contributed by atoms with Gasteiger partial charge in [-0.15, -0.1) is 0 Å². The molecule has 0 unspecified atom stereocenters. The summed E-state index contributed by atoms with van der Waals surface area (Å²) >= 11 is 0. The van der Waals surface area contributed by atoms with Crippen LogP contribution in [0.15, 0.2) is 36.7 Å². The number of nitrogens with one attached hydrogen (secondary N) is 2. The van der Waals surface area contributed by atoms with Crippen molar-refractivity contribution in [1.29, 1.82) is 0 Å². The molecule has 0 spiro atoms. The highest BCUT2D eigenvalue weighted by Gasteiger charge is 2.32. The van der Waals surface area contributed by atoms with Gasteiger partial charge in [0.2, 0.25) is 5.91 Å². The monoisotopic (exact) mass is 426 g/mol. The van der Waals surface area contributed by atoms with E-state index in [0.29, 0.717) is 34.9 Å². The quantitative estimate of drug-likeness (QED) is 0.647. The number of halogens is 2. The topological polar surface area (TPSA) is 78.1 Å². The molecule has 1 aliphatic rings. The number of aromatic amines is 1. The second kappa shape index (κ2) is 8.45. The first-order chi connectivity index (χ1) is 14.9. The molecule has 1 aromatic carbocycles. The number of aromatic nitrogens is 2. The minimum absolute atomic E-state index is 0.0165. The van der Waals surface area contributed by atoms with Gasteiger partial charge in [-0.1, -0.05) is 6.92 Å². The maximum absolute atomic E-state index is 14.8. The first-order valence-electron chi connectivity index (χ1n) is 10.4. The van der Waals surface area contributed by atoms with Crippen molar-refractivity contribution < 1.29 is 18.4 Å². The molecule has 1 saturated carbocycles. The molecule has 2 heterocycles. The van der Waals surface area contributed by atoms with E-state index in [-0.39, 0.29) is 23.7 Å². The van der Waals surface area contributed by atoms with Crippen LogP contribution in [0, 0.1) is 11.6 Å². The molecule has 2 aromatic heterocycles. The molecule has 31 heavy (non-hydrogen) atoms. The molecule has 2 N–H and O–H groups in total. The van der Waals surface area contributed by atoms with Crippen molar-refractivity contribution in [1.82, 2.24) is 20.2 Å². The van der Waals surface area contributed by atoms with Crippen molar-refractivity contribution in [3.05, 3.63) is 54.0 Å².